The molecule has 5 heteroatoms. The van der Waals surface area contributed by atoms with Crippen LogP contribution in [0.25, 0.3) is 0 Å². The summed E-state index contributed by atoms with van der Waals surface area (Å²) in [6, 6.07) is 0. The molecule has 0 spiro atoms. The van der Waals surface area contributed by atoms with Gasteiger partial charge >= 0.3 is 0 Å². The Morgan fingerprint density at radius 2 is 2.26 bits per heavy atom. The minimum Gasteiger partial charge on any atom is -0.436 e. The third-order valence-corrected chi connectivity index (χ3v) is 4.00. The first-order valence-electron chi connectivity index (χ1n) is 6.88. The standard InChI is InChI=1S/C14H24N2O2S/c1-11-10-16(5-7-17-11)6-8-19-13-15-9-12(18-13)14(2,3)4/h9,11H,5-8,10H2,1-4H3. The predicted octanol–water partition coefficient (Wildman–Crippen LogP) is 2.78. The fourth-order valence-corrected chi connectivity index (χ4v) is 2.83. The molecule has 2 heterocycles. The number of hydrogen-bond acceptors (Lipinski definition) is 5. The summed E-state index contributed by atoms with van der Waals surface area (Å²) in [6.07, 6.45) is 2.20. The molecule has 1 atom stereocenters. The lowest BCUT2D eigenvalue weighted by Gasteiger charge is -2.30. The highest BCUT2D eigenvalue weighted by Gasteiger charge is 2.20. The molecule has 1 aromatic heterocycles. The summed E-state index contributed by atoms with van der Waals surface area (Å²) in [7, 11) is 0. The van der Waals surface area contributed by atoms with Gasteiger partial charge in [0, 0.05) is 30.8 Å². The zero-order valence-corrected chi connectivity index (χ0v) is 13.1. The van der Waals surface area contributed by atoms with E-state index in [0.29, 0.717) is 6.10 Å². The molecule has 0 aromatic carbocycles. The smallest absolute Gasteiger partial charge is 0.255 e. The predicted molar refractivity (Wildman–Crippen MR) is 77.8 cm³/mol. The average molecular weight is 284 g/mol. The Morgan fingerprint density at radius 1 is 1.47 bits per heavy atom. The molecular formula is C14H24N2O2S. The summed E-state index contributed by atoms with van der Waals surface area (Å²) in [4.78, 5) is 6.77. The molecule has 1 unspecified atom stereocenters. The summed E-state index contributed by atoms with van der Waals surface area (Å²) >= 11 is 1.69. The number of thioether (sulfide) groups is 1. The Morgan fingerprint density at radius 3 is 2.89 bits per heavy atom. The van der Waals surface area contributed by atoms with Gasteiger partial charge in [-0.15, -0.1) is 0 Å². The van der Waals surface area contributed by atoms with Crippen molar-refractivity contribution in [2.45, 2.75) is 44.4 Å². The van der Waals surface area contributed by atoms with Gasteiger partial charge in [-0.2, -0.15) is 0 Å². The van der Waals surface area contributed by atoms with Gasteiger partial charge in [0.1, 0.15) is 5.76 Å². The number of ether oxygens (including phenoxy) is 1. The number of morpholine rings is 1. The summed E-state index contributed by atoms with van der Waals surface area (Å²) in [5.41, 5.74) is 0.0332. The van der Waals surface area contributed by atoms with Crippen LogP contribution in [0.1, 0.15) is 33.5 Å². The number of nitrogens with zero attached hydrogens (tertiary/aromatic N) is 2. The van der Waals surface area contributed by atoms with Crippen molar-refractivity contribution >= 4 is 11.8 Å². The molecular weight excluding hydrogens is 260 g/mol. The lowest BCUT2D eigenvalue weighted by molar-refractivity contribution is -0.0158. The van der Waals surface area contributed by atoms with Crippen LogP contribution in [0.4, 0.5) is 0 Å². The molecule has 1 aliphatic rings. The maximum Gasteiger partial charge on any atom is 0.255 e. The van der Waals surface area contributed by atoms with E-state index in [1.807, 2.05) is 6.20 Å². The average Bonchev–Trinajstić information content (AvgIpc) is 2.77. The summed E-state index contributed by atoms with van der Waals surface area (Å²) in [5, 5.41) is 0.784. The summed E-state index contributed by atoms with van der Waals surface area (Å²) < 4.78 is 11.3. The quantitative estimate of drug-likeness (QED) is 0.795. The van der Waals surface area contributed by atoms with Gasteiger partial charge in [0.25, 0.3) is 5.22 Å². The fraction of sp³-hybridized carbons (Fsp3) is 0.786. The molecule has 0 N–H and O–H groups in total. The maximum absolute atomic E-state index is 5.77. The number of hydrogen-bond donors (Lipinski definition) is 0. The second kappa shape index (κ2) is 6.29. The van der Waals surface area contributed by atoms with Crippen molar-refractivity contribution in [1.29, 1.82) is 0 Å². The van der Waals surface area contributed by atoms with E-state index in [4.69, 9.17) is 9.15 Å². The van der Waals surface area contributed by atoms with E-state index < -0.39 is 0 Å². The van der Waals surface area contributed by atoms with Crippen molar-refractivity contribution in [1.82, 2.24) is 9.88 Å². The lowest BCUT2D eigenvalue weighted by atomic mass is 9.94. The third kappa shape index (κ3) is 4.51. The molecule has 108 valence electrons. The number of aromatic nitrogens is 1. The normalized spacial score (nSPS) is 21.8. The molecule has 0 bridgehead atoms. The highest BCUT2D eigenvalue weighted by Crippen LogP contribution is 2.26. The molecule has 19 heavy (non-hydrogen) atoms. The Hall–Kier alpha value is -0.520. The van der Waals surface area contributed by atoms with Gasteiger partial charge in [0.2, 0.25) is 0 Å². The highest BCUT2D eigenvalue weighted by atomic mass is 32.2. The van der Waals surface area contributed by atoms with Crippen molar-refractivity contribution in [2.24, 2.45) is 0 Å². The van der Waals surface area contributed by atoms with Gasteiger partial charge in [0.15, 0.2) is 0 Å². The Balaban J connectivity index is 1.75. The molecule has 0 saturated carbocycles. The number of oxazole rings is 1. The van der Waals surface area contributed by atoms with Crippen molar-refractivity contribution in [3.8, 4) is 0 Å². The van der Waals surface area contributed by atoms with Gasteiger partial charge in [0.05, 0.1) is 18.9 Å². The zero-order valence-electron chi connectivity index (χ0n) is 12.3. The van der Waals surface area contributed by atoms with Crippen LogP contribution in [0.5, 0.6) is 0 Å². The van der Waals surface area contributed by atoms with Gasteiger partial charge in [-0.05, 0) is 6.92 Å². The topological polar surface area (TPSA) is 38.5 Å². The van der Waals surface area contributed by atoms with Crippen LogP contribution in [0.15, 0.2) is 15.8 Å². The van der Waals surface area contributed by atoms with E-state index >= 15 is 0 Å². The largest absolute Gasteiger partial charge is 0.436 e. The van der Waals surface area contributed by atoms with Crippen molar-refractivity contribution in [3.05, 3.63) is 12.0 Å². The molecule has 0 amide bonds. The van der Waals surface area contributed by atoms with Crippen molar-refractivity contribution < 1.29 is 9.15 Å². The molecule has 4 nitrogen and oxygen atoms in total. The molecule has 0 radical (unpaired) electrons. The van der Waals surface area contributed by atoms with Gasteiger partial charge < -0.3 is 9.15 Å². The molecule has 1 saturated heterocycles. The molecule has 1 aromatic rings. The minimum absolute atomic E-state index is 0.0332. The lowest BCUT2D eigenvalue weighted by Crippen LogP contribution is -2.42. The molecule has 1 aliphatic heterocycles. The van der Waals surface area contributed by atoms with Crippen LogP contribution in [0, 0.1) is 0 Å². The van der Waals surface area contributed by atoms with E-state index in [0.717, 1.165) is 43.0 Å². The van der Waals surface area contributed by atoms with E-state index in [2.05, 4.69) is 37.6 Å². The molecule has 2 rings (SSSR count). The summed E-state index contributed by atoms with van der Waals surface area (Å²) in [6.45, 7) is 12.5. The first-order chi connectivity index (χ1) is 8.95. The van der Waals surface area contributed by atoms with Gasteiger partial charge in [-0.1, -0.05) is 32.5 Å². The third-order valence-electron chi connectivity index (χ3n) is 3.18. The Labute approximate surface area is 119 Å². The van der Waals surface area contributed by atoms with Gasteiger partial charge in [-0.3, -0.25) is 4.90 Å². The highest BCUT2D eigenvalue weighted by molar-refractivity contribution is 7.99. The maximum atomic E-state index is 5.77. The Bertz CT molecular complexity index is 400. The first-order valence-corrected chi connectivity index (χ1v) is 7.87. The SMILES string of the molecule is CC1CN(CCSc2ncc(C(C)(C)C)o2)CCO1. The second-order valence-electron chi connectivity index (χ2n) is 6.07. The second-order valence-corrected chi connectivity index (χ2v) is 7.12. The molecule has 1 fully saturated rings. The van der Waals surface area contributed by atoms with E-state index in [1.54, 1.807) is 11.8 Å². The monoisotopic (exact) mass is 284 g/mol. The molecule has 0 aliphatic carbocycles. The van der Waals surface area contributed by atoms with Crippen LogP contribution in [0.2, 0.25) is 0 Å². The van der Waals surface area contributed by atoms with Gasteiger partial charge in [-0.25, -0.2) is 4.98 Å². The minimum atomic E-state index is 0.0332. The number of rotatable bonds is 4. The summed E-state index contributed by atoms with van der Waals surface area (Å²) in [5.74, 6) is 1.96. The van der Waals surface area contributed by atoms with E-state index in [1.165, 1.54) is 0 Å². The van der Waals surface area contributed by atoms with Crippen LogP contribution < -0.4 is 0 Å². The van der Waals surface area contributed by atoms with Crippen molar-refractivity contribution in [3.63, 3.8) is 0 Å². The van der Waals surface area contributed by atoms with E-state index in [-0.39, 0.29) is 5.41 Å². The van der Waals surface area contributed by atoms with E-state index in [9.17, 15) is 0 Å². The zero-order chi connectivity index (χ0) is 13.9. The fourth-order valence-electron chi connectivity index (χ4n) is 2.03. The van der Waals surface area contributed by atoms with Crippen LogP contribution in [-0.4, -0.2) is 48.0 Å². The van der Waals surface area contributed by atoms with Crippen LogP contribution in [0.3, 0.4) is 0 Å². The first kappa shape index (κ1) is 14.9. The Kier molecular flexibility index (Phi) is 4.92. The van der Waals surface area contributed by atoms with Crippen molar-refractivity contribution in [2.75, 3.05) is 32.0 Å². The van der Waals surface area contributed by atoms with Crippen LogP contribution in [-0.2, 0) is 10.2 Å². The van der Waals surface area contributed by atoms with Crippen LogP contribution >= 0.6 is 11.8 Å².